The Kier molecular flexibility index (Phi) is 9.07. The number of ether oxygens (including phenoxy) is 2. The molecule has 0 aliphatic heterocycles. The van der Waals surface area contributed by atoms with Crippen molar-refractivity contribution in [3.05, 3.63) is 90.0 Å². The molecule has 166 valence electrons. The molecule has 0 aromatic heterocycles. The molecular weight excluding hydrogens is 420 g/mol. The third kappa shape index (κ3) is 7.71. The van der Waals surface area contributed by atoms with Crippen LogP contribution in [0.4, 0.5) is 5.69 Å². The van der Waals surface area contributed by atoms with Crippen LogP contribution >= 0.6 is 12.2 Å². The smallest absolute Gasteiger partial charge is 0.257 e. The molecule has 0 bridgehead atoms. The molecule has 0 fully saturated rings. The van der Waals surface area contributed by atoms with Crippen LogP contribution in [0.25, 0.3) is 0 Å². The second kappa shape index (κ2) is 12.5. The van der Waals surface area contributed by atoms with E-state index in [1.165, 1.54) is 5.56 Å². The Bertz CT molecular complexity index is 1010. The van der Waals surface area contributed by atoms with Gasteiger partial charge in [-0.15, -0.1) is 0 Å². The fraction of sp³-hybridized carbons (Fsp3) is 0.231. The van der Waals surface area contributed by atoms with Gasteiger partial charge in [-0.25, -0.2) is 0 Å². The van der Waals surface area contributed by atoms with E-state index in [0.717, 1.165) is 30.7 Å². The Morgan fingerprint density at radius 1 is 0.875 bits per heavy atom. The first-order valence-electron chi connectivity index (χ1n) is 10.8. The molecule has 3 aromatic rings. The molecule has 32 heavy (non-hydrogen) atoms. The molecule has 0 heterocycles. The molecule has 0 saturated carbocycles. The number of hydrogen-bond donors (Lipinski definition) is 2. The number of nitrogens with one attached hydrogen (secondary N) is 2. The van der Waals surface area contributed by atoms with Crippen molar-refractivity contribution < 1.29 is 14.3 Å². The summed E-state index contributed by atoms with van der Waals surface area (Å²) in [5.41, 5.74) is 2.46. The zero-order valence-electron chi connectivity index (χ0n) is 18.2. The maximum Gasteiger partial charge on any atom is 0.257 e. The van der Waals surface area contributed by atoms with Gasteiger partial charge in [0.2, 0.25) is 0 Å². The van der Waals surface area contributed by atoms with Crippen LogP contribution < -0.4 is 20.1 Å². The van der Waals surface area contributed by atoms with E-state index in [1.807, 2.05) is 48.5 Å². The van der Waals surface area contributed by atoms with Gasteiger partial charge in [-0.2, -0.15) is 0 Å². The number of amides is 1. The highest BCUT2D eigenvalue weighted by Crippen LogP contribution is 2.17. The van der Waals surface area contributed by atoms with Crippen LogP contribution in [0.1, 0.15) is 35.7 Å². The second-order valence-corrected chi connectivity index (χ2v) is 7.65. The average molecular weight is 449 g/mol. The van der Waals surface area contributed by atoms with Crippen molar-refractivity contribution in [1.29, 1.82) is 0 Å². The highest BCUT2D eigenvalue weighted by Gasteiger charge is 2.09. The summed E-state index contributed by atoms with van der Waals surface area (Å²) in [5.74, 6) is 1.16. The lowest BCUT2D eigenvalue weighted by molar-refractivity contribution is 0.0977. The van der Waals surface area contributed by atoms with Crippen molar-refractivity contribution in [3.63, 3.8) is 0 Å². The second-order valence-electron chi connectivity index (χ2n) is 7.25. The largest absolute Gasteiger partial charge is 0.494 e. The van der Waals surface area contributed by atoms with Gasteiger partial charge in [-0.1, -0.05) is 49.7 Å². The lowest BCUT2D eigenvalue weighted by atomic mass is 10.2. The maximum absolute atomic E-state index is 12.6. The molecule has 0 aliphatic carbocycles. The quantitative estimate of drug-likeness (QED) is 0.312. The van der Waals surface area contributed by atoms with Crippen molar-refractivity contribution in [1.82, 2.24) is 5.32 Å². The van der Waals surface area contributed by atoms with Crippen molar-refractivity contribution in [2.24, 2.45) is 0 Å². The molecule has 1 amide bonds. The average Bonchev–Trinajstić information content (AvgIpc) is 2.81. The van der Waals surface area contributed by atoms with Gasteiger partial charge in [-0.3, -0.25) is 10.1 Å². The first-order chi connectivity index (χ1) is 15.6. The minimum absolute atomic E-state index is 0.227. The standard InChI is InChI=1S/C26H28N2O3S/c1-2-3-17-30-23-14-12-22(13-15-23)27-26(32)28-25(29)21-10-7-11-24(19-21)31-18-16-20-8-5-4-6-9-20/h4-15,19H,2-3,16-18H2,1H3,(H2,27,28,29,32). The topological polar surface area (TPSA) is 59.6 Å². The van der Waals surface area contributed by atoms with Gasteiger partial charge in [0.05, 0.1) is 13.2 Å². The number of unbranched alkanes of at least 4 members (excludes halogenated alkanes) is 1. The van der Waals surface area contributed by atoms with Crippen LogP contribution in [0.2, 0.25) is 0 Å². The van der Waals surface area contributed by atoms with Gasteiger partial charge in [0.1, 0.15) is 11.5 Å². The van der Waals surface area contributed by atoms with Gasteiger partial charge in [0, 0.05) is 17.7 Å². The van der Waals surface area contributed by atoms with Crippen molar-refractivity contribution in [2.45, 2.75) is 26.2 Å². The zero-order chi connectivity index (χ0) is 22.6. The lowest BCUT2D eigenvalue weighted by Crippen LogP contribution is -2.34. The molecule has 2 N–H and O–H groups in total. The molecule has 0 aliphatic rings. The van der Waals surface area contributed by atoms with Gasteiger partial charge in [0.25, 0.3) is 5.91 Å². The van der Waals surface area contributed by atoms with E-state index in [2.05, 4.69) is 29.7 Å². The predicted octanol–water partition coefficient (Wildman–Crippen LogP) is 5.61. The Balaban J connectivity index is 1.47. The summed E-state index contributed by atoms with van der Waals surface area (Å²) in [4.78, 5) is 12.6. The number of carbonyl (C=O) groups is 1. The van der Waals surface area contributed by atoms with E-state index in [-0.39, 0.29) is 11.0 Å². The highest BCUT2D eigenvalue weighted by molar-refractivity contribution is 7.80. The van der Waals surface area contributed by atoms with E-state index in [9.17, 15) is 4.79 Å². The van der Waals surface area contributed by atoms with Crippen molar-refractivity contribution in [2.75, 3.05) is 18.5 Å². The molecule has 0 atom stereocenters. The van der Waals surface area contributed by atoms with Crippen LogP contribution in [0, 0.1) is 0 Å². The minimum Gasteiger partial charge on any atom is -0.494 e. The molecule has 0 radical (unpaired) electrons. The maximum atomic E-state index is 12.6. The van der Waals surface area contributed by atoms with E-state index in [1.54, 1.807) is 18.2 Å². The molecule has 0 unspecified atom stereocenters. The Labute approximate surface area is 194 Å². The Hall–Kier alpha value is -3.38. The molecule has 3 aromatic carbocycles. The molecular formula is C26H28N2O3S. The van der Waals surface area contributed by atoms with Crippen LogP contribution in [0.15, 0.2) is 78.9 Å². The summed E-state index contributed by atoms with van der Waals surface area (Å²) in [6.07, 6.45) is 2.92. The number of hydrogen-bond acceptors (Lipinski definition) is 4. The Morgan fingerprint density at radius 2 is 1.62 bits per heavy atom. The highest BCUT2D eigenvalue weighted by atomic mass is 32.1. The lowest BCUT2D eigenvalue weighted by Gasteiger charge is -2.12. The van der Waals surface area contributed by atoms with Gasteiger partial charge < -0.3 is 14.8 Å². The zero-order valence-corrected chi connectivity index (χ0v) is 19.0. The van der Waals surface area contributed by atoms with Gasteiger partial charge >= 0.3 is 0 Å². The number of anilines is 1. The van der Waals surface area contributed by atoms with E-state index in [0.29, 0.717) is 24.5 Å². The van der Waals surface area contributed by atoms with Crippen LogP contribution in [0.3, 0.4) is 0 Å². The first kappa shape index (κ1) is 23.3. The number of carbonyl (C=O) groups excluding carboxylic acids is 1. The summed E-state index contributed by atoms with van der Waals surface area (Å²) in [5, 5.41) is 5.95. The molecule has 6 heteroatoms. The fourth-order valence-corrected chi connectivity index (χ4v) is 3.18. The van der Waals surface area contributed by atoms with E-state index >= 15 is 0 Å². The summed E-state index contributed by atoms with van der Waals surface area (Å²) in [6, 6.07) is 24.7. The van der Waals surface area contributed by atoms with Crippen molar-refractivity contribution in [3.8, 4) is 11.5 Å². The summed E-state index contributed by atoms with van der Waals surface area (Å²) < 4.78 is 11.5. The Morgan fingerprint density at radius 3 is 2.38 bits per heavy atom. The van der Waals surface area contributed by atoms with E-state index in [4.69, 9.17) is 21.7 Å². The monoisotopic (exact) mass is 448 g/mol. The SMILES string of the molecule is CCCCOc1ccc(NC(=S)NC(=O)c2cccc(OCCc3ccccc3)c2)cc1. The molecule has 5 nitrogen and oxygen atoms in total. The third-order valence-electron chi connectivity index (χ3n) is 4.70. The predicted molar refractivity (Wildman–Crippen MR) is 133 cm³/mol. The van der Waals surface area contributed by atoms with Crippen LogP contribution in [-0.2, 0) is 6.42 Å². The first-order valence-corrected chi connectivity index (χ1v) is 11.2. The third-order valence-corrected chi connectivity index (χ3v) is 4.91. The number of rotatable bonds is 10. The minimum atomic E-state index is -0.296. The molecule has 3 rings (SSSR count). The fourth-order valence-electron chi connectivity index (χ4n) is 2.97. The number of thiocarbonyl (C=S) groups is 1. The number of benzene rings is 3. The normalized spacial score (nSPS) is 10.3. The van der Waals surface area contributed by atoms with Crippen LogP contribution in [-0.4, -0.2) is 24.2 Å². The summed E-state index contributed by atoms with van der Waals surface area (Å²) in [6.45, 7) is 3.36. The van der Waals surface area contributed by atoms with Crippen LogP contribution in [0.5, 0.6) is 11.5 Å². The summed E-state index contributed by atoms with van der Waals surface area (Å²) in [7, 11) is 0. The van der Waals surface area contributed by atoms with Gasteiger partial charge in [-0.05, 0) is 66.7 Å². The summed E-state index contributed by atoms with van der Waals surface area (Å²) >= 11 is 5.28. The molecule has 0 spiro atoms. The van der Waals surface area contributed by atoms with E-state index < -0.39 is 0 Å². The molecule has 0 saturated heterocycles. The van der Waals surface area contributed by atoms with Gasteiger partial charge in [0.15, 0.2) is 5.11 Å². The van der Waals surface area contributed by atoms with Crippen molar-refractivity contribution >= 4 is 28.9 Å².